The highest BCUT2D eigenvalue weighted by Gasteiger charge is 2.04. The molecule has 0 aromatic carbocycles. The zero-order chi connectivity index (χ0) is 10.6. The topological polar surface area (TPSA) is 42.1 Å². The quantitative estimate of drug-likeness (QED) is 0.794. The highest BCUT2D eigenvalue weighted by Crippen LogP contribution is 2.14. The minimum Gasteiger partial charge on any atom is -0.371 e. The predicted molar refractivity (Wildman–Crippen MR) is 60.4 cm³/mol. The number of anilines is 1. The molecular formula is C11H19N3. The average Bonchev–Trinajstić information content (AvgIpc) is 2.20. The second-order valence-electron chi connectivity index (χ2n) is 3.40. The van der Waals surface area contributed by atoms with Crippen molar-refractivity contribution in [2.24, 2.45) is 5.73 Å². The Kier molecular flexibility index (Phi) is 3.89. The third-order valence-corrected chi connectivity index (χ3v) is 2.37. The van der Waals surface area contributed by atoms with Crippen molar-refractivity contribution in [2.45, 2.75) is 26.8 Å². The number of rotatable bonds is 4. The zero-order valence-corrected chi connectivity index (χ0v) is 9.20. The maximum atomic E-state index is 5.73. The second kappa shape index (κ2) is 4.96. The Bertz CT molecular complexity index is 262. The maximum Gasteiger partial charge on any atom is 0.0569 e. The summed E-state index contributed by atoms with van der Waals surface area (Å²) in [6, 6.07) is 4.09. The lowest BCUT2D eigenvalue weighted by Gasteiger charge is -2.20. The summed E-state index contributed by atoms with van der Waals surface area (Å²) in [6.45, 7) is 8.25. The number of hydrogen-bond donors (Lipinski definition) is 1. The van der Waals surface area contributed by atoms with Crippen LogP contribution < -0.4 is 10.6 Å². The summed E-state index contributed by atoms with van der Waals surface area (Å²) in [5, 5.41) is 0. The number of pyridine rings is 1. The van der Waals surface area contributed by atoms with Crippen LogP contribution in [-0.4, -0.2) is 18.1 Å². The summed E-state index contributed by atoms with van der Waals surface area (Å²) in [5.74, 6) is 0. The van der Waals surface area contributed by atoms with Gasteiger partial charge in [-0.2, -0.15) is 0 Å². The van der Waals surface area contributed by atoms with Gasteiger partial charge < -0.3 is 10.6 Å². The Morgan fingerprint density at radius 1 is 1.36 bits per heavy atom. The molecule has 2 N–H and O–H groups in total. The molecule has 14 heavy (non-hydrogen) atoms. The average molecular weight is 193 g/mol. The molecule has 0 bridgehead atoms. The Balaban J connectivity index is 2.81. The fraction of sp³-hybridized carbons (Fsp3) is 0.545. The van der Waals surface area contributed by atoms with E-state index in [1.54, 1.807) is 0 Å². The van der Waals surface area contributed by atoms with Crippen LogP contribution in [0.3, 0.4) is 0 Å². The fourth-order valence-corrected chi connectivity index (χ4v) is 1.44. The van der Waals surface area contributed by atoms with Crippen molar-refractivity contribution in [3.05, 3.63) is 24.0 Å². The lowest BCUT2D eigenvalue weighted by molar-refractivity contribution is 0.777. The van der Waals surface area contributed by atoms with Gasteiger partial charge in [0.15, 0.2) is 0 Å². The molecule has 0 radical (unpaired) electrons. The first-order chi connectivity index (χ1) is 6.69. The minimum absolute atomic E-state index is 0.0146. The molecule has 0 fully saturated rings. The molecule has 3 nitrogen and oxygen atoms in total. The summed E-state index contributed by atoms with van der Waals surface area (Å²) >= 11 is 0. The van der Waals surface area contributed by atoms with Crippen LogP contribution in [0.2, 0.25) is 0 Å². The van der Waals surface area contributed by atoms with Gasteiger partial charge in [0.05, 0.1) is 17.6 Å². The van der Waals surface area contributed by atoms with E-state index < -0.39 is 0 Å². The van der Waals surface area contributed by atoms with Crippen LogP contribution in [-0.2, 0) is 0 Å². The number of nitrogens with zero attached hydrogens (tertiary/aromatic N) is 2. The highest BCUT2D eigenvalue weighted by molar-refractivity contribution is 5.44. The molecule has 1 aromatic heterocycles. The smallest absolute Gasteiger partial charge is 0.0569 e. The minimum atomic E-state index is 0.0146. The first-order valence-corrected chi connectivity index (χ1v) is 5.15. The normalized spacial score (nSPS) is 12.6. The lowest BCUT2D eigenvalue weighted by Crippen LogP contribution is -2.22. The molecule has 0 aliphatic rings. The van der Waals surface area contributed by atoms with Gasteiger partial charge in [-0.05, 0) is 32.9 Å². The Morgan fingerprint density at radius 2 is 2.00 bits per heavy atom. The van der Waals surface area contributed by atoms with E-state index in [4.69, 9.17) is 5.73 Å². The zero-order valence-electron chi connectivity index (χ0n) is 9.20. The molecule has 1 aromatic rings. The van der Waals surface area contributed by atoms with Crippen LogP contribution in [0.15, 0.2) is 18.3 Å². The van der Waals surface area contributed by atoms with Gasteiger partial charge in [0.25, 0.3) is 0 Å². The SMILES string of the molecule is CCN(CC)c1ccc(C(C)N)nc1. The molecule has 0 aliphatic heterocycles. The van der Waals surface area contributed by atoms with Crippen molar-refractivity contribution in [3.63, 3.8) is 0 Å². The lowest BCUT2D eigenvalue weighted by atomic mass is 10.2. The van der Waals surface area contributed by atoms with Crippen LogP contribution in [0.5, 0.6) is 0 Å². The summed E-state index contributed by atoms with van der Waals surface area (Å²) in [4.78, 5) is 6.59. The van der Waals surface area contributed by atoms with Gasteiger partial charge in [-0.15, -0.1) is 0 Å². The summed E-state index contributed by atoms with van der Waals surface area (Å²) in [5.41, 5.74) is 7.84. The standard InChI is InChI=1S/C11H19N3/c1-4-14(5-2)10-6-7-11(9(3)12)13-8-10/h6-9H,4-5,12H2,1-3H3. The van der Waals surface area contributed by atoms with E-state index in [0.29, 0.717) is 0 Å². The highest BCUT2D eigenvalue weighted by atomic mass is 15.1. The number of aromatic nitrogens is 1. The third-order valence-electron chi connectivity index (χ3n) is 2.37. The predicted octanol–water partition coefficient (Wildman–Crippen LogP) is 1.95. The van der Waals surface area contributed by atoms with Crippen LogP contribution >= 0.6 is 0 Å². The van der Waals surface area contributed by atoms with Crippen molar-refractivity contribution in [1.29, 1.82) is 0 Å². The summed E-state index contributed by atoms with van der Waals surface area (Å²) in [7, 11) is 0. The van der Waals surface area contributed by atoms with Gasteiger partial charge in [0.1, 0.15) is 0 Å². The van der Waals surface area contributed by atoms with Crippen LogP contribution in [0.1, 0.15) is 32.5 Å². The number of nitrogens with two attached hydrogens (primary N) is 1. The largest absolute Gasteiger partial charge is 0.371 e. The van der Waals surface area contributed by atoms with Crippen LogP contribution in [0.4, 0.5) is 5.69 Å². The van der Waals surface area contributed by atoms with Crippen molar-refractivity contribution in [3.8, 4) is 0 Å². The van der Waals surface area contributed by atoms with E-state index in [2.05, 4.69) is 29.8 Å². The molecule has 0 saturated carbocycles. The number of hydrogen-bond acceptors (Lipinski definition) is 3. The molecule has 1 rings (SSSR count). The molecule has 0 saturated heterocycles. The van der Waals surface area contributed by atoms with E-state index >= 15 is 0 Å². The molecule has 1 atom stereocenters. The maximum absolute atomic E-state index is 5.73. The molecule has 1 unspecified atom stereocenters. The first-order valence-electron chi connectivity index (χ1n) is 5.15. The summed E-state index contributed by atoms with van der Waals surface area (Å²) < 4.78 is 0. The van der Waals surface area contributed by atoms with E-state index in [1.165, 1.54) is 5.69 Å². The Morgan fingerprint density at radius 3 is 2.36 bits per heavy atom. The molecule has 0 aliphatic carbocycles. The summed E-state index contributed by atoms with van der Waals surface area (Å²) in [6.07, 6.45) is 1.89. The first kappa shape index (κ1) is 11.0. The second-order valence-corrected chi connectivity index (χ2v) is 3.40. The van der Waals surface area contributed by atoms with Gasteiger partial charge in [-0.3, -0.25) is 4.98 Å². The van der Waals surface area contributed by atoms with Crippen molar-refractivity contribution >= 4 is 5.69 Å². The fourth-order valence-electron chi connectivity index (χ4n) is 1.44. The molecule has 78 valence electrons. The van der Waals surface area contributed by atoms with E-state index in [9.17, 15) is 0 Å². The van der Waals surface area contributed by atoms with Crippen LogP contribution in [0.25, 0.3) is 0 Å². The molecule has 3 heteroatoms. The van der Waals surface area contributed by atoms with Crippen LogP contribution in [0, 0.1) is 0 Å². The van der Waals surface area contributed by atoms with Crippen molar-refractivity contribution in [2.75, 3.05) is 18.0 Å². The Labute approximate surface area is 85.9 Å². The van der Waals surface area contributed by atoms with Gasteiger partial charge >= 0.3 is 0 Å². The van der Waals surface area contributed by atoms with Gasteiger partial charge in [-0.25, -0.2) is 0 Å². The molecule has 1 heterocycles. The van der Waals surface area contributed by atoms with E-state index in [-0.39, 0.29) is 6.04 Å². The molecule has 0 spiro atoms. The van der Waals surface area contributed by atoms with E-state index in [0.717, 1.165) is 18.8 Å². The van der Waals surface area contributed by atoms with Gasteiger partial charge in [-0.1, -0.05) is 0 Å². The molecular weight excluding hydrogens is 174 g/mol. The monoisotopic (exact) mass is 193 g/mol. The van der Waals surface area contributed by atoms with Crippen molar-refractivity contribution < 1.29 is 0 Å². The van der Waals surface area contributed by atoms with Gasteiger partial charge in [0, 0.05) is 19.1 Å². The van der Waals surface area contributed by atoms with E-state index in [1.807, 2.05) is 19.2 Å². The third kappa shape index (κ3) is 2.45. The molecule has 0 amide bonds. The van der Waals surface area contributed by atoms with Gasteiger partial charge in [0.2, 0.25) is 0 Å². The van der Waals surface area contributed by atoms with Crippen molar-refractivity contribution in [1.82, 2.24) is 4.98 Å². The Hall–Kier alpha value is -1.09.